The van der Waals surface area contributed by atoms with E-state index in [1.165, 1.54) is 0 Å². The number of likely N-dealkylation sites (tertiary alicyclic amines) is 1. The van der Waals surface area contributed by atoms with E-state index in [-0.39, 0.29) is 49.3 Å². The lowest BCUT2D eigenvalue weighted by molar-refractivity contribution is -0.142. The molecular weight excluding hydrogens is 580 g/mol. The zero-order chi connectivity index (χ0) is 32.9. The number of rotatable bonds is 17. The van der Waals surface area contributed by atoms with Crippen molar-refractivity contribution in [2.24, 2.45) is 5.92 Å². The summed E-state index contributed by atoms with van der Waals surface area (Å²) >= 11 is 0. The van der Waals surface area contributed by atoms with Gasteiger partial charge in [-0.2, -0.15) is 0 Å². The van der Waals surface area contributed by atoms with E-state index in [1.54, 1.807) is 4.90 Å². The smallest absolute Gasteiger partial charge is 0.243 e. The van der Waals surface area contributed by atoms with Gasteiger partial charge in [0.2, 0.25) is 17.7 Å². The van der Waals surface area contributed by atoms with Crippen molar-refractivity contribution in [3.63, 3.8) is 0 Å². The zero-order valence-electron chi connectivity index (χ0n) is 27.4. The molecule has 0 aromatic heterocycles. The molecule has 3 aromatic carbocycles. The SMILES string of the molecule is CCC(CC)C(=O)N1CCC[C@H]1C(=O)N[C@H](Cc1ccc2ccccc2c1)C(=O)NC[C@H](O)CNC[C@@H](C)OCc1ccccc1. The lowest BCUT2D eigenvalue weighted by Crippen LogP contribution is -2.55. The molecule has 3 amide bonds. The molecule has 1 fully saturated rings. The van der Waals surface area contributed by atoms with Crippen LogP contribution in [0.3, 0.4) is 0 Å². The van der Waals surface area contributed by atoms with Crippen molar-refractivity contribution in [2.75, 3.05) is 26.2 Å². The highest BCUT2D eigenvalue weighted by atomic mass is 16.5. The molecule has 0 spiro atoms. The van der Waals surface area contributed by atoms with Crippen LogP contribution < -0.4 is 16.0 Å². The Morgan fingerprint density at radius 2 is 1.63 bits per heavy atom. The van der Waals surface area contributed by atoms with Crippen LogP contribution in [0.5, 0.6) is 0 Å². The van der Waals surface area contributed by atoms with Crippen LogP contribution in [0.15, 0.2) is 72.8 Å². The van der Waals surface area contributed by atoms with Crippen LogP contribution in [0.2, 0.25) is 0 Å². The first-order chi connectivity index (χ1) is 22.3. The number of carbonyl (C=O) groups is 3. The van der Waals surface area contributed by atoms with Crippen LogP contribution >= 0.6 is 0 Å². The zero-order valence-corrected chi connectivity index (χ0v) is 27.4. The topological polar surface area (TPSA) is 120 Å². The molecule has 0 saturated carbocycles. The van der Waals surface area contributed by atoms with Gasteiger partial charge >= 0.3 is 0 Å². The van der Waals surface area contributed by atoms with Gasteiger partial charge < -0.3 is 30.7 Å². The van der Waals surface area contributed by atoms with E-state index < -0.39 is 18.2 Å². The summed E-state index contributed by atoms with van der Waals surface area (Å²) in [6.07, 6.45) is 2.16. The van der Waals surface area contributed by atoms with E-state index >= 15 is 0 Å². The lowest BCUT2D eigenvalue weighted by Gasteiger charge is -2.29. The third-order valence-electron chi connectivity index (χ3n) is 8.76. The first-order valence-corrected chi connectivity index (χ1v) is 16.7. The van der Waals surface area contributed by atoms with Gasteiger partial charge in [0, 0.05) is 38.5 Å². The second-order valence-corrected chi connectivity index (χ2v) is 12.3. The Kier molecular flexibility index (Phi) is 13.6. The van der Waals surface area contributed by atoms with Crippen LogP contribution in [-0.4, -0.2) is 78.2 Å². The maximum Gasteiger partial charge on any atom is 0.243 e. The van der Waals surface area contributed by atoms with E-state index in [1.807, 2.05) is 93.6 Å². The molecule has 1 aliphatic rings. The minimum Gasteiger partial charge on any atom is -0.390 e. The molecule has 0 aliphatic carbocycles. The van der Waals surface area contributed by atoms with Crippen molar-refractivity contribution in [1.82, 2.24) is 20.9 Å². The Morgan fingerprint density at radius 3 is 2.37 bits per heavy atom. The quantitative estimate of drug-likeness (QED) is 0.179. The fourth-order valence-electron chi connectivity index (χ4n) is 5.99. The number of benzene rings is 3. The Balaban J connectivity index is 1.34. The molecule has 3 aromatic rings. The predicted octanol–water partition coefficient (Wildman–Crippen LogP) is 3.97. The number of hydrogen-bond donors (Lipinski definition) is 4. The minimum absolute atomic E-state index is 0.00795. The minimum atomic E-state index is -0.870. The third-order valence-corrected chi connectivity index (χ3v) is 8.76. The average molecular weight is 631 g/mol. The van der Waals surface area contributed by atoms with Crippen LogP contribution in [0, 0.1) is 5.92 Å². The Morgan fingerprint density at radius 1 is 0.913 bits per heavy atom. The number of fused-ring (bicyclic) bond motifs is 1. The van der Waals surface area contributed by atoms with Crippen LogP contribution in [-0.2, 0) is 32.1 Å². The van der Waals surface area contributed by atoms with E-state index in [9.17, 15) is 19.5 Å². The normalized spacial score (nSPS) is 16.7. The number of aliphatic hydroxyl groups is 1. The van der Waals surface area contributed by atoms with Gasteiger partial charge in [-0.1, -0.05) is 86.6 Å². The number of aliphatic hydroxyl groups excluding tert-OH is 1. The molecule has 46 heavy (non-hydrogen) atoms. The summed E-state index contributed by atoms with van der Waals surface area (Å²) < 4.78 is 5.87. The first-order valence-electron chi connectivity index (χ1n) is 16.7. The maximum absolute atomic E-state index is 13.6. The fourth-order valence-corrected chi connectivity index (χ4v) is 5.99. The Hall–Kier alpha value is -3.79. The van der Waals surface area contributed by atoms with Gasteiger partial charge in [0.05, 0.1) is 18.8 Å². The lowest BCUT2D eigenvalue weighted by atomic mass is 10.00. The standard InChI is InChI=1S/C37H50N4O5/c1-4-29(5-2)37(45)41-19-11-16-34(41)36(44)40-33(21-28-17-18-30-14-9-10-15-31(30)20-28)35(43)39-24-32(42)23-38-22-26(3)46-25-27-12-7-6-8-13-27/h6-10,12-15,17-18,20,26,29,32-34,38,42H,4-5,11,16,19,21-25H2,1-3H3,(H,39,43)(H,40,44)/t26-,32-,33-,34+/m1/s1. The average Bonchev–Trinajstić information content (AvgIpc) is 3.57. The molecule has 9 heteroatoms. The van der Waals surface area contributed by atoms with Crippen LogP contribution in [0.25, 0.3) is 10.8 Å². The Labute approximate surface area is 273 Å². The van der Waals surface area contributed by atoms with Gasteiger partial charge in [-0.15, -0.1) is 0 Å². The maximum atomic E-state index is 13.6. The largest absolute Gasteiger partial charge is 0.390 e. The van der Waals surface area contributed by atoms with Crippen molar-refractivity contribution in [3.05, 3.63) is 83.9 Å². The Bertz CT molecular complexity index is 1410. The van der Waals surface area contributed by atoms with Gasteiger partial charge in [0.1, 0.15) is 12.1 Å². The number of ether oxygens (including phenoxy) is 1. The van der Waals surface area contributed by atoms with Crippen LogP contribution in [0.1, 0.15) is 57.6 Å². The summed E-state index contributed by atoms with van der Waals surface area (Å²) in [5, 5.41) is 21.7. The summed E-state index contributed by atoms with van der Waals surface area (Å²) in [4.78, 5) is 42.0. The molecule has 4 rings (SSSR count). The monoisotopic (exact) mass is 630 g/mol. The van der Waals surface area contributed by atoms with E-state index in [4.69, 9.17) is 4.74 Å². The second-order valence-electron chi connectivity index (χ2n) is 12.3. The van der Waals surface area contributed by atoms with Gasteiger partial charge in [-0.05, 0) is 54.5 Å². The number of nitrogens with zero attached hydrogens (tertiary/aromatic N) is 1. The third kappa shape index (κ3) is 10.1. The molecule has 1 aliphatic heterocycles. The van der Waals surface area contributed by atoms with Crippen molar-refractivity contribution in [2.45, 2.75) is 83.8 Å². The predicted molar refractivity (Wildman–Crippen MR) is 181 cm³/mol. The molecule has 4 N–H and O–H groups in total. The molecule has 9 nitrogen and oxygen atoms in total. The highest BCUT2D eigenvalue weighted by Crippen LogP contribution is 2.23. The molecule has 1 saturated heterocycles. The number of nitrogens with one attached hydrogen (secondary N) is 3. The highest BCUT2D eigenvalue weighted by molar-refractivity contribution is 5.93. The number of amides is 3. The van der Waals surface area contributed by atoms with E-state index in [0.717, 1.165) is 41.2 Å². The van der Waals surface area contributed by atoms with Gasteiger partial charge in [-0.25, -0.2) is 0 Å². The van der Waals surface area contributed by atoms with Crippen LogP contribution in [0.4, 0.5) is 0 Å². The van der Waals surface area contributed by atoms with E-state index in [2.05, 4.69) is 16.0 Å². The van der Waals surface area contributed by atoms with Gasteiger partial charge in [0.25, 0.3) is 0 Å². The number of carbonyl (C=O) groups excluding carboxylic acids is 3. The van der Waals surface area contributed by atoms with Gasteiger partial charge in [-0.3, -0.25) is 14.4 Å². The molecule has 248 valence electrons. The first kappa shape index (κ1) is 35.1. The molecule has 0 radical (unpaired) electrons. The van der Waals surface area contributed by atoms with Crippen molar-refractivity contribution < 1.29 is 24.2 Å². The number of hydrogen-bond acceptors (Lipinski definition) is 6. The molecule has 0 unspecified atom stereocenters. The summed E-state index contributed by atoms with van der Waals surface area (Å²) in [5.74, 6) is -0.798. The molecular formula is C37H50N4O5. The fraction of sp³-hybridized carbons (Fsp3) is 0.486. The highest BCUT2D eigenvalue weighted by Gasteiger charge is 2.37. The summed E-state index contributed by atoms with van der Waals surface area (Å²) in [5.41, 5.74) is 2.00. The van der Waals surface area contributed by atoms with Crippen molar-refractivity contribution in [1.29, 1.82) is 0 Å². The molecule has 1 heterocycles. The summed E-state index contributed by atoms with van der Waals surface area (Å²) in [7, 11) is 0. The van der Waals surface area contributed by atoms with Crippen molar-refractivity contribution >= 4 is 28.5 Å². The van der Waals surface area contributed by atoms with Gasteiger partial charge in [0.15, 0.2) is 0 Å². The second kappa shape index (κ2) is 17.8. The van der Waals surface area contributed by atoms with Crippen molar-refractivity contribution in [3.8, 4) is 0 Å². The van der Waals surface area contributed by atoms with E-state index in [0.29, 0.717) is 26.1 Å². The molecule has 4 atom stereocenters. The molecule has 0 bridgehead atoms. The summed E-state index contributed by atoms with van der Waals surface area (Å²) in [6.45, 7) is 7.85. The summed E-state index contributed by atoms with van der Waals surface area (Å²) in [6, 6.07) is 22.5.